The molecule has 6 heteroatoms. The maximum absolute atomic E-state index is 5.92. The van der Waals surface area contributed by atoms with Gasteiger partial charge in [0.05, 0.1) is 5.60 Å². The van der Waals surface area contributed by atoms with Gasteiger partial charge in [0, 0.05) is 31.0 Å². The standard InChI is InChI=1S/C12H21N3O2S/c1-4-5-10-14-11(18-15-10)16-7-9-6-13-8-12(2,3)17-9/h9,13H,4-8H2,1-3H3. The van der Waals surface area contributed by atoms with Crippen LogP contribution < -0.4 is 10.1 Å². The zero-order chi connectivity index (χ0) is 13.0. The highest BCUT2D eigenvalue weighted by molar-refractivity contribution is 7.07. The van der Waals surface area contributed by atoms with Crippen LogP contribution in [0.4, 0.5) is 0 Å². The van der Waals surface area contributed by atoms with E-state index in [0.29, 0.717) is 11.8 Å². The lowest BCUT2D eigenvalue weighted by Crippen LogP contribution is -2.52. The SMILES string of the molecule is CCCc1nsc(OCC2CNCC(C)(C)O2)n1. The number of ether oxygens (including phenoxy) is 2. The van der Waals surface area contributed by atoms with Crippen molar-refractivity contribution < 1.29 is 9.47 Å². The molecule has 0 aromatic carbocycles. The third-order valence-corrected chi connectivity index (χ3v) is 3.39. The van der Waals surface area contributed by atoms with Gasteiger partial charge in [-0.3, -0.25) is 0 Å². The summed E-state index contributed by atoms with van der Waals surface area (Å²) in [5, 5.41) is 3.99. The van der Waals surface area contributed by atoms with E-state index >= 15 is 0 Å². The van der Waals surface area contributed by atoms with Crippen LogP contribution in [-0.4, -0.2) is 40.8 Å². The molecule has 1 atom stereocenters. The molecule has 0 bridgehead atoms. The lowest BCUT2D eigenvalue weighted by Gasteiger charge is -2.36. The molecule has 0 saturated carbocycles. The molecule has 1 N–H and O–H groups in total. The first-order valence-electron chi connectivity index (χ1n) is 6.43. The zero-order valence-electron chi connectivity index (χ0n) is 11.2. The monoisotopic (exact) mass is 271 g/mol. The van der Waals surface area contributed by atoms with Crippen LogP contribution in [0, 0.1) is 0 Å². The van der Waals surface area contributed by atoms with Crippen molar-refractivity contribution >= 4 is 11.5 Å². The van der Waals surface area contributed by atoms with Gasteiger partial charge >= 0.3 is 0 Å². The molecule has 18 heavy (non-hydrogen) atoms. The highest BCUT2D eigenvalue weighted by atomic mass is 32.1. The minimum Gasteiger partial charge on any atom is -0.466 e. The van der Waals surface area contributed by atoms with Gasteiger partial charge in [-0.05, 0) is 20.3 Å². The molecule has 1 unspecified atom stereocenters. The molecule has 1 fully saturated rings. The van der Waals surface area contributed by atoms with Crippen molar-refractivity contribution in [1.82, 2.24) is 14.7 Å². The molecule has 1 aliphatic rings. The molecule has 1 aromatic heterocycles. The second-order valence-electron chi connectivity index (χ2n) is 5.17. The number of morpholine rings is 1. The molecule has 2 rings (SSSR count). The summed E-state index contributed by atoms with van der Waals surface area (Å²) in [5.74, 6) is 0.875. The molecular formula is C12H21N3O2S. The van der Waals surface area contributed by atoms with Crippen molar-refractivity contribution in [2.45, 2.75) is 45.3 Å². The van der Waals surface area contributed by atoms with Gasteiger partial charge in [-0.2, -0.15) is 9.36 Å². The summed E-state index contributed by atoms with van der Waals surface area (Å²) in [6.07, 6.45) is 2.04. The molecule has 0 spiro atoms. The molecular weight excluding hydrogens is 250 g/mol. The summed E-state index contributed by atoms with van der Waals surface area (Å²) in [5.41, 5.74) is -0.124. The second-order valence-corrected chi connectivity index (χ2v) is 5.88. The van der Waals surface area contributed by atoms with E-state index in [1.54, 1.807) is 0 Å². The van der Waals surface area contributed by atoms with Gasteiger partial charge in [-0.1, -0.05) is 6.92 Å². The fraction of sp³-hybridized carbons (Fsp3) is 0.833. The van der Waals surface area contributed by atoms with Gasteiger partial charge < -0.3 is 14.8 Å². The highest BCUT2D eigenvalue weighted by Crippen LogP contribution is 2.18. The third-order valence-electron chi connectivity index (χ3n) is 2.72. The van der Waals surface area contributed by atoms with E-state index in [2.05, 4.69) is 35.4 Å². The molecule has 1 aliphatic heterocycles. The van der Waals surface area contributed by atoms with Gasteiger partial charge in [-0.25, -0.2) is 0 Å². The van der Waals surface area contributed by atoms with Crippen molar-refractivity contribution in [3.63, 3.8) is 0 Å². The number of hydrogen-bond acceptors (Lipinski definition) is 6. The van der Waals surface area contributed by atoms with Crippen LogP contribution in [0.2, 0.25) is 0 Å². The molecule has 2 heterocycles. The Kier molecular flexibility index (Phi) is 4.53. The summed E-state index contributed by atoms with van der Waals surface area (Å²) in [4.78, 5) is 4.33. The Morgan fingerprint density at radius 2 is 2.39 bits per heavy atom. The van der Waals surface area contributed by atoms with E-state index < -0.39 is 0 Å². The lowest BCUT2D eigenvalue weighted by molar-refractivity contribution is -0.107. The summed E-state index contributed by atoms with van der Waals surface area (Å²) in [6, 6.07) is 0. The second kappa shape index (κ2) is 5.95. The van der Waals surface area contributed by atoms with Gasteiger partial charge in [-0.15, -0.1) is 0 Å². The van der Waals surface area contributed by atoms with Crippen molar-refractivity contribution in [3.8, 4) is 5.19 Å². The normalized spacial score (nSPS) is 22.9. The van der Waals surface area contributed by atoms with Crippen molar-refractivity contribution in [2.24, 2.45) is 0 Å². The van der Waals surface area contributed by atoms with Crippen LogP contribution in [0.3, 0.4) is 0 Å². The first-order valence-corrected chi connectivity index (χ1v) is 7.20. The number of rotatable bonds is 5. The molecule has 102 valence electrons. The van der Waals surface area contributed by atoms with Crippen molar-refractivity contribution in [1.29, 1.82) is 0 Å². The Morgan fingerprint density at radius 3 is 3.11 bits per heavy atom. The molecule has 5 nitrogen and oxygen atoms in total. The van der Waals surface area contributed by atoms with Crippen LogP contribution in [-0.2, 0) is 11.2 Å². The Balaban J connectivity index is 1.79. The van der Waals surface area contributed by atoms with E-state index in [1.807, 2.05) is 0 Å². The number of nitrogens with one attached hydrogen (secondary N) is 1. The van der Waals surface area contributed by atoms with Gasteiger partial charge in [0.2, 0.25) is 0 Å². The maximum Gasteiger partial charge on any atom is 0.293 e. The highest BCUT2D eigenvalue weighted by Gasteiger charge is 2.28. The van der Waals surface area contributed by atoms with Gasteiger partial charge in [0.1, 0.15) is 18.5 Å². The van der Waals surface area contributed by atoms with Crippen LogP contribution >= 0.6 is 11.5 Å². The predicted octanol–water partition coefficient (Wildman–Crippen LogP) is 1.64. The summed E-state index contributed by atoms with van der Waals surface area (Å²) in [6.45, 7) is 8.50. The summed E-state index contributed by atoms with van der Waals surface area (Å²) < 4.78 is 15.8. The number of aromatic nitrogens is 2. The minimum atomic E-state index is -0.124. The maximum atomic E-state index is 5.92. The first-order chi connectivity index (χ1) is 8.59. The topological polar surface area (TPSA) is 56.3 Å². The number of hydrogen-bond donors (Lipinski definition) is 1. The van der Waals surface area contributed by atoms with E-state index in [-0.39, 0.29) is 11.7 Å². The van der Waals surface area contributed by atoms with Crippen LogP contribution in [0.25, 0.3) is 0 Å². The smallest absolute Gasteiger partial charge is 0.293 e. The summed E-state index contributed by atoms with van der Waals surface area (Å²) in [7, 11) is 0. The van der Waals surface area contributed by atoms with Gasteiger partial charge in [0.15, 0.2) is 0 Å². The number of nitrogens with zero attached hydrogens (tertiary/aromatic N) is 2. The molecule has 0 aliphatic carbocycles. The Hall–Kier alpha value is -0.720. The first kappa shape index (κ1) is 13.7. The van der Waals surface area contributed by atoms with Gasteiger partial charge in [0.25, 0.3) is 5.19 Å². The van der Waals surface area contributed by atoms with Crippen LogP contribution in [0.5, 0.6) is 5.19 Å². The van der Waals surface area contributed by atoms with E-state index in [1.165, 1.54) is 11.5 Å². The Morgan fingerprint density at radius 1 is 1.56 bits per heavy atom. The largest absolute Gasteiger partial charge is 0.466 e. The van der Waals surface area contributed by atoms with E-state index in [4.69, 9.17) is 9.47 Å². The average Bonchev–Trinajstić information content (AvgIpc) is 2.74. The fourth-order valence-electron chi connectivity index (χ4n) is 1.95. The molecule has 1 aromatic rings. The quantitative estimate of drug-likeness (QED) is 0.882. The average molecular weight is 271 g/mol. The van der Waals surface area contributed by atoms with Crippen molar-refractivity contribution in [3.05, 3.63) is 5.82 Å². The summed E-state index contributed by atoms with van der Waals surface area (Å²) >= 11 is 1.32. The lowest BCUT2D eigenvalue weighted by atomic mass is 10.1. The zero-order valence-corrected chi connectivity index (χ0v) is 12.0. The third kappa shape index (κ3) is 3.90. The van der Waals surface area contributed by atoms with Crippen LogP contribution in [0.1, 0.15) is 33.0 Å². The minimum absolute atomic E-state index is 0.0762. The van der Waals surface area contributed by atoms with Crippen LogP contribution in [0.15, 0.2) is 0 Å². The molecule has 0 amide bonds. The Labute approximate surface area is 112 Å². The molecule has 1 saturated heterocycles. The Bertz CT molecular complexity index is 381. The van der Waals surface area contributed by atoms with Crippen molar-refractivity contribution in [2.75, 3.05) is 19.7 Å². The van der Waals surface area contributed by atoms with E-state index in [9.17, 15) is 0 Å². The van der Waals surface area contributed by atoms with E-state index in [0.717, 1.165) is 31.8 Å². The predicted molar refractivity (Wildman–Crippen MR) is 71.2 cm³/mol. The fourth-order valence-corrected chi connectivity index (χ4v) is 2.53. The molecule has 0 radical (unpaired) electrons. The number of aryl methyl sites for hydroxylation is 1.